The van der Waals surface area contributed by atoms with E-state index >= 15 is 0 Å². The Labute approximate surface area is 399 Å². The number of halogens is 2. The van der Waals surface area contributed by atoms with Crippen LogP contribution in [0.1, 0.15) is 57.5 Å². The first-order valence-corrected chi connectivity index (χ1v) is 24.2. The Morgan fingerprint density at radius 1 is 0.686 bits per heavy atom. The maximum Gasteiger partial charge on any atom is 0.259 e. The van der Waals surface area contributed by atoms with Crippen molar-refractivity contribution in [3.05, 3.63) is 108 Å². The van der Waals surface area contributed by atoms with Crippen LogP contribution in [0, 0.1) is 0 Å². The largest absolute Gasteiger partial charge is 0.461 e. The zero-order valence-electron chi connectivity index (χ0n) is 37.9. The van der Waals surface area contributed by atoms with Crippen molar-refractivity contribution in [2.45, 2.75) is 56.0 Å². The quantitative estimate of drug-likeness (QED) is 0.142. The molecule has 22 nitrogen and oxygen atoms in total. The number of aromatic nitrogens is 10. The van der Waals surface area contributed by atoms with Gasteiger partial charge in [0.1, 0.15) is 12.3 Å². The summed E-state index contributed by atoms with van der Waals surface area (Å²) in [6, 6.07) is 21.7. The van der Waals surface area contributed by atoms with Gasteiger partial charge in [-0.3, -0.25) is 9.59 Å². The Morgan fingerprint density at radius 2 is 1.23 bits per heavy atom. The number of nitrogen functional groups attached to an aromatic ring is 2. The van der Waals surface area contributed by atoms with Gasteiger partial charge in [-0.05, 0) is 105 Å². The topological polar surface area (TPSA) is 303 Å². The minimum atomic E-state index is -3.57. The van der Waals surface area contributed by atoms with Crippen LogP contribution in [0.4, 0.5) is 26.6 Å². The summed E-state index contributed by atoms with van der Waals surface area (Å²) in [5.41, 5.74) is 20.5. The van der Waals surface area contributed by atoms with Gasteiger partial charge in [0.15, 0.2) is 11.5 Å². The number of nitrogens with zero attached hydrogens (tertiary/aromatic N) is 12. The summed E-state index contributed by atoms with van der Waals surface area (Å²) in [6.07, 6.45) is 5.97. The second kappa shape index (κ2) is 21.6. The van der Waals surface area contributed by atoms with Crippen LogP contribution in [0.15, 0.2) is 99.3 Å². The van der Waals surface area contributed by atoms with Gasteiger partial charge >= 0.3 is 0 Å². The minimum Gasteiger partial charge on any atom is -0.461 e. The minimum absolute atomic E-state index is 0.0410. The zero-order valence-corrected chi connectivity index (χ0v) is 38.8. The molecule has 2 aliphatic rings. The molecular formula is C45H50F2N16O6S. The maximum absolute atomic E-state index is 13.3. The van der Waals surface area contributed by atoms with E-state index in [1.54, 1.807) is 52.5 Å². The third kappa shape index (κ3) is 11.8. The number of carbonyl (C=O) groups excluding carboxylic acids is 2. The second-order valence-corrected chi connectivity index (χ2v) is 18.3. The molecule has 366 valence electrons. The first kappa shape index (κ1) is 48.5. The Kier molecular flexibility index (Phi) is 15.0. The van der Waals surface area contributed by atoms with Crippen LogP contribution in [0.3, 0.4) is 0 Å². The number of nitrogens with two attached hydrogens (primary N) is 3. The van der Waals surface area contributed by atoms with Gasteiger partial charge in [-0.1, -0.05) is 24.3 Å². The average molecular weight is 981 g/mol. The fourth-order valence-electron chi connectivity index (χ4n) is 7.50. The maximum atomic E-state index is 13.3. The van der Waals surface area contributed by atoms with Crippen molar-refractivity contribution < 1.29 is 35.6 Å². The fraction of sp³-hybridized carbons (Fsp3) is 0.333. The summed E-state index contributed by atoms with van der Waals surface area (Å²) in [6.45, 7) is 2.98. The predicted molar refractivity (Wildman–Crippen MR) is 252 cm³/mol. The van der Waals surface area contributed by atoms with Gasteiger partial charge in [-0.2, -0.15) is 38.9 Å². The number of piperidine rings is 2. The van der Waals surface area contributed by atoms with Crippen LogP contribution in [0.2, 0.25) is 0 Å². The van der Waals surface area contributed by atoms with E-state index < -0.39 is 27.3 Å². The Morgan fingerprint density at radius 3 is 1.76 bits per heavy atom. The van der Waals surface area contributed by atoms with Crippen molar-refractivity contribution in [1.82, 2.24) is 58.9 Å². The molecule has 70 heavy (non-hydrogen) atoms. The fourth-order valence-corrected chi connectivity index (χ4v) is 8.00. The van der Waals surface area contributed by atoms with E-state index in [0.29, 0.717) is 98.6 Å². The molecule has 7 N–H and O–H groups in total. The number of alkyl halides is 2. The summed E-state index contributed by atoms with van der Waals surface area (Å²) < 4.78 is 62.3. The molecule has 0 saturated carbocycles. The molecule has 2 fully saturated rings. The number of nitrogens with one attached hydrogen (secondary N) is 1. The lowest BCUT2D eigenvalue weighted by molar-refractivity contribution is 0.0635. The van der Waals surface area contributed by atoms with Gasteiger partial charge in [0, 0.05) is 43.6 Å². The van der Waals surface area contributed by atoms with Gasteiger partial charge in [-0.25, -0.2) is 17.2 Å². The molecule has 8 aromatic rings. The Bertz CT molecular complexity index is 3140. The van der Waals surface area contributed by atoms with E-state index in [1.807, 2.05) is 36.4 Å². The molecule has 2 aromatic carbocycles. The molecule has 8 heterocycles. The number of anilines is 3. The molecule has 0 radical (unpaired) electrons. The van der Waals surface area contributed by atoms with Crippen molar-refractivity contribution in [1.29, 1.82) is 0 Å². The van der Waals surface area contributed by atoms with E-state index in [1.165, 1.54) is 10.8 Å². The number of rotatable bonds is 11. The molecule has 1 unspecified atom stereocenters. The lowest BCUT2D eigenvalue weighted by atomic mass is 10.1. The normalized spacial score (nSPS) is 15.3. The number of furan rings is 2. The Balaban J connectivity index is 0.000000152. The highest BCUT2D eigenvalue weighted by atomic mass is 32.2. The van der Waals surface area contributed by atoms with E-state index in [0.717, 1.165) is 34.7 Å². The molecule has 2 amide bonds. The lowest BCUT2D eigenvalue weighted by Gasteiger charge is -2.29. The summed E-state index contributed by atoms with van der Waals surface area (Å²) in [5.74, 6) is 2.19. The van der Waals surface area contributed by atoms with Gasteiger partial charge in [-0.15, -0.1) is 10.2 Å². The van der Waals surface area contributed by atoms with Gasteiger partial charge in [0.25, 0.3) is 28.5 Å². The van der Waals surface area contributed by atoms with Crippen LogP contribution in [0.25, 0.3) is 34.7 Å². The van der Waals surface area contributed by atoms with Gasteiger partial charge in [0.2, 0.25) is 39.3 Å². The molecule has 0 spiro atoms. The monoisotopic (exact) mass is 980 g/mol. The standard InChI is InChI=1S/C22H23FN8O2.C14H19FN2O.C9H8N6O3S/c23-16-8-11-30(12-9-16)19(32)15-5-3-14(4-6-15)7-10-25-21-27-20(24)31-22(28-21)26-18(29-31)17-2-1-13-33-17;15-13-2-1-9-17(10-13)14(18)12-5-3-11(4-6-12)7-8-16;1-19(16,17)9-12-7(10)15-8(13-9)11-6(14-15)5-3-2-4-18-5/h1-6,13,16H,7-12H2,(H3,24,25,26,27,28,29);3-6,13H,1-2,7-10,16H2;2-4H,1H3,(H2,10,11,12,13,14). The number of benzene rings is 2. The molecule has 25 heteroatoms. The highest BCUT2D eigenvalue weighted by molar-refractivity contribution is 7.90. The smallest absolute Gasteiger partial charge is 0.259 e. The molecule has 6 aromatic heterocycles. The van der Waals surface area contributed by atoms with Crippen LogP contribution < -0.4 is 22.5 Å². The molecule has 0 aliphatic carbocycles. The van der Waals surface area contributed by atoms with Crippen molar-refractivity contribution in [3.8, 4) is 23.2 Å². The third-order valence-electron chi connectivity index (χ3n) is 11.2. The average Bonchev–Trinajstić information content (AvgIpc) is 4.20. The predicted octanol–water partition coefficient (Wildman–Crippen LogP) is 4.12. The number of amides is 2. The summed E-state index contributed by atoms with van der Waals surface area (Å²) in [7, 11) is -3.57. The van der Waals surface area contributed by atoms with Crippen LogP contribution in [-0.4, -0.2) is 137 Å². The van der Waals surface area contributed by atoms with Crippen LogP contribution in [0.5, 0.6) is 0 Å². The number of likely N-dealkylation sites (tertiary alicyclic amines) is 2. The summed E-state index contributed by atoms with van der Waals surface area (Å²) >= 11 is 0. The molecular weight excluding hydrogens is 931 g/mol. The van der Waals surface area contributed by atoms with Crippen molar-refractivity contribution in [2.75, 3.05) is 62.3 Å². The molecule has 10 rings (SSSR count). The summed E-state index contributed by atoms with van der Waals surface area (Å²) in [4.78, 5) is 52.5. The van der Waals surface area contributed by atoms with Gasteiger partial charge in [0.05, 0.1) is 19.1 Å². The van der Waals surface area contributed by atoms with Crippen molar-refractivity contribution in [3.63, 3.8) is 0 Å². The molecule has 2 saturated heterocycles. The molecule has 2 aliphatic heterocycles. The highest BCUT2D eigenvalue weighted by Gasteiger charge is 2.25. The van der Waals surface area contributed by atoms with Crippen molar-refractivity contribution in [2.24, 2.45) is 5.73 Å². The number of sulfone groups is 1. The number of fused-ring (bicyclic) bond motifs is 2. The van der Waals surface area contributed by atoms with Crippen LogP contribution in [-0.2, 0) is 22.7 Å². The first-order valence-electron chi connectivity index (χ1n) is 22.3. The molecule has 1 atom stereocenters. The van der Waals surface area contributed by atoms with E-state index in [-0.39, 0.29) is 41.9 Å². The number of hydrogen-bond acceptors (Lipinski definition) is 18. The lowest BCUT2D eigenvalue weighted by Crippen LogP contribution is -2.40. The van der Waals surface area contributed by atoms with E-state index in [2.05, 4.69) is 45.4 Å². The first-order chi connectivity index (χ1) is 33.7. The number of hydrogen-bond donors (Lipinski definition) is 4. The zero-order chi connectivity index (χ0) is 49.4. The number of carbonyl (C=O) groups is 2. The second-order valence-electron chi connectivity index (χ2n) is 16.4. The van der Waals surface area contributed by atoms with E-state index in [9.17, 15) is 26.8 Å². The van der Waals surface area contributed by atoms with Gasteiger partial charge < -0.3 is 41.2 Å². The van der Waals surface area contributed by atoms with E-state index in [4.69, 9.17) is 26.0 Å². The Hall–Kier alpha value is -7.93. The van der Waals surface area contributed by atoms with Crippen LogP contribution >= 0.6 is 0 Å². The van der Waals surface area contributed by atoms with Crippen molar-refractivity contribution >= 4 is 51.1 Å². The highest BCUT2D eigenvalue weighted by Crippen LogP contribution is 2.21. The third-order valence-corrected chi connectivity index (χ3v) is 12.0. The molecule has 0 bridgehead atoms. The SMILES string of the molecule is CS(=O)(=O)c1nc(N)n2nc(-c3ccco3)nc2n1.NCCc1ccc(C(=O)N2CCCC(F)C2)cc1.Nc1nc(NCCc2ccc(C(=O)N3CCC(F)CC3)cc2)nc2nc(-c3ccco3)nn12. The summed E-state index contributed by atoms with van der Waals surface area (Å²) in [5, 5.41) is 11.1.